The van der Waals surface area contributed by atoms with E-state index in [2.05, 4.69) is 22.1 Å². The van der Waals surface area contributed by atoms with Crippen molar-refractivity contribution in [3.8, 4) is 12.1 Å². The number of nitrogens with zero attached hydrogens (tertiary/aromatic N) is 6. The first-order valence-corrected chi connectivity index (χ1v) is 17.4. The Bertz CT molecular complexity index is 1600. The third kappa shape index (κ3) is 7.32. The molecule has 2 atom stereocenters. The normalized spacial score (nSPS) is 20.3. The van der Waals surface area contributed by atoms with Crippen molar-refractivity contribution in [1.82, 2.24) is 19.1 Å². The van der Waals surface area contributed by atoms with E-state index < -0.39 is 0 Å². The van der Waals surface area contributed by atoms with Crippen LogP contribution >= 0.6 is 93.5 Å². The first-order chi connectivity index (χ1) is 20.4. The summed E-state index contributed by atoms with van der Waals surface area (Å²) in [5.74, 6) is 1.75. The summed E-state index contributed by atoms with van der Waals surface area (Å²) >= 11 is 31.1. The molecule has 0 N–H and O–H groups in total. The summed E-state index contributed by atoms with van der Waals surface area (Å²) in [5, 5.41) is 21.8. The molecule has 2 aromatic heterocycles. The molecule has 0 saturated carbocycles. The topological polar surface area (TPSA) is 83.2 Å². The molecule has 14 heteroatoms. The van der Waals surface area contributed by atoms with Gasteiger partial charge in [-0.1, -0.05) is 58.5 Å². The lowest BCUT2D eigenvalue weighted by molar-refractivity contribution is 1.10. The maximum atomic E-state index is 9.38. The maximum Gasteiger partial charge on any atom is 0.145 e. The summed E-state index contributed by atoms with van der Waals surface area (Å²) in [6.07, 6.45) is 10.1. The van der Waals surface area contributed by atoms with Gasteiger partial charge < -0.3 is 0 Å². The molecule has 4 heterocycles. The second-order valence-electron chi connectivity index (χ2n) is 8.60. The van der Waals surface area contributed by atoms with E-state index >= 15 is 0 Å². The predicted molar refractivity (Wildman–Crippen MR) is 181 cm³/mol. The molecule has 42 heavy (non-hydrogen) atoms. The van der Waals surface area contributed by atoms with Crippen molar-refractivity contribution in [3.05, 3.63) is 114 Å². The van der Waals surface area contributed by atoms with Crippen LogP contribution in [0.4, 0.5) is 0 Å². The monoisotopic (exact) mass is 706 g/mol. The molecule has 0 aliphatic carbocycles. The van der Waals surface area contributed by atoms with Crippen LogP contribution in [0, 0.1) is 22.7 Å². The molecule has 0 amide bonds. The van der Waals surface area contributed by atoms with E-state index in [1.165, 1.54) is 0 Å². The van der Waals surface area contributed by atoms with E-state index in [-0.39, 0.29) is 10.5 Å². The highest BCUT2D eigenvalue weighted by Gasteiger charge is 2.29. The first-order valence-electron chi connectivity index (χ1n) is 12.1. The molecule has 6 rings (SSSR count). The molecule has 4 aromatic rings. The Kier molecular flexibility index (Phi) is 10.9. The van der Waals surface area contributed by atoms with E-state index in [1.807, 2.05) is 24.3 Å². The number of halogens is 4. The minimum absolute atomic E-state index is 0.224. The number of hydrogen-bond donors (Lipinski definition) is 0. The fourth-order valence-corrected chi connectivity index (χ4v) is 11.0. The molecule has 2 saturated heterocycles. The van der Waals surface area contributed by atoms with E-state index in [0.29, 0.717) is 31.5 Å². The Hall–Kier alpha value is -2.12. The Balaban J connectivity index is 0.000000168. The first kappa shape index (κ1) is 31.3. The van der Waals surface area contributed by atoms with Gasteiger partial charge in [-0.25, -0.2) is 9.97 Å². The van der Waals surface area contributed by atoms with Gasteiger partial charge in [0.15, 0.2) is 0 Å². The Morgan fingerprint density at radius 1 is 0.714 bits per heavy atom. The van der Waals surface area contributed by atoms with Crippen LogP contribution in [0.15, 0.2) is 82.3 Å². The Morgan fingerprint density at radius 2 is 1.14 bits per heavy atom. The van der Waals surface area contributed by atoms with E-state index in [0.717, 1.165) is 31.1 Å². The van der Waals surface area contributed by atoms with Crippen molar-refractivity contribution < 1.29 is 0 Å². The number of hydrogen-bond acceptors (Lipinski definition) is 8. The summed E-state index contributed by atoms with van der Waals surface area (Å²) < 4.78 is 5.46. The Labute approximate surface area is 280 Å². The summed E-state index contributed by atoms with van der Waals surface area (Å²) in [4.78, 5) is 7.97. The minimum Gasteiger partial charge on any atom is -0.296 e. The summed E-state index contributed by atoms with van der Waals surface area (Å²) in [7, 11) is 0. The van der Waals surface area contributed by atoms with Crippen LogP contribution in [0.25, 0.3) is 11.4 Å². The van der Waals surface area contributed by atoms with Crippen molar-refractivity contribution in [3.63, 3.8) is 0 Å². The summed E-state index contributed by atoms with van der Waals surface area (Å²) in [6, 6.07) is 15.6. The second kappa shape index (κ2) is 14.6. The summed E-state index contributed by atoms with van der Waals surface area (Å²) in [5.41, 5.74) is 3.32. The zero-order chi connectivity index (χ0) is 29.6. The lowest BCUT2D eigenvalue weighted by Gasteiger charge is -2.10. The molecule has 212 valence electrons. The molecule has 0 spiro atoms. The second-order valence-corrected chi connectivity index (χ2v) is 15.3. The standard InChI is InChI=1S/2C14H9Cl2N3S2/c2*15-9-1-2-10(11(16)5-9)13-7-20-14(21-13)12(6-17)19-4-3-18-8-19/h2*1-5,8,13H,7H2/b14-12+;14-12-/t2*13-/m10/s1. The molecular formula is C28H18Cl4N6S4. The molecule has 2 aliphatic rings. The van der Waals surface area contributed by atoms with Crippen LogP contribution in [-0.4, -0.2) is 30.6 Å². The average molecular weight is 709 g/mol. The molecule has 2 aromatic carbocycles. The number of benzene rings is 2. The molecule has 0 radical (unpaired) electrons. The fraction of sp³-hybridized carbons (Fsp3) is 0.143. The molecule has 2 aliphatic heterocycles. The number of aromatic nitrogens is 4. The van der Waals surface area contributed by atoms with Gasteiger partial charge in [-0.15, -0.1) is 47.0 Å². The van der Waals surface area contributed by atoms with Crippen LogP contribution in [0.5, 0.6) is 0 Å². The van der Waals surface area contributed by atoms with Gasteiger partial charge in [-0.05, 0) is 35.4 Å². The largest absolute Gasteiger partial charge is 0.296 e. The van der Waals surface area contributed by atoms with Gasteiger partial charge in [0.25, 0.3) is 0 Å². The quantitative estimate of drug-likeness (QED) is 0.194. The van der Waals surface area contributed by atoms with E-state index in [4.69, 9.17) is 46.4 Å². The van der Waals surface area contributed by atoms with Gasteiger partial charge in [0.05, 0.1) is 21.1 Å². The number of rotatable bonds is 4. The number of nitriles is 2. The summed E-state index contributed by atoms with van der Waals surface area (Å²) in [6.45, 7) is 0. The molecule has 0 unspecified atom stereocenters. The van der Waals surface area contributed by atoms with Crippen LogP contribution in [0.3, 0.4) is 0 Å². The van der Waals surface area contributed by atoms with Crippen LogP contribution in [-0.2, 0) is 0 Å². The van der Waals surface area contributed by atoms with Crippen molar-refractivity contribution in [2.45, 2.75) is 10.5 Å². The van der Waals surface area contributed by atoms with Gasteiger partial charge in [-0.3, -0.25) is 9.13 Å². The maximum absolute atomic E-state index is 9.38. The molecule has 2 fully saturated rings. The highest BCUT2D eigenvalue weighted by molar-refractivity contribution is 8.26. The number of imidazole rings is 2. The van der Waals surface area contributed by atoms with Crippen molar-refractivity contribution in [2.75, 3.05) is 11.5 Å². The third-order valence-corrected chi connectivity index (χ3v) is 12.9. The van der Waals surface area contributed by atoms with E-state index in [9.17, 15) is 10.5 Å². The molecule has 6 nitrogen and oxygen atoms in total. The lowest BCUT2D eigenvalue weighted by atomic mass is 10.2. The number of allylic oxidation sites excluding steroid dienone is 2. The number of thioether (sulfide) groups is 4. The van der Waals surface area contributed by atoms with Crippen molar-refractivity contribution in [1.29, 1.82) is 10.5 Å². The smallest absolute Gasteiger partial charge is 0.145 e. The van der Waals surface area contributed by atoms with Crippen LogP contribution < -0.4 is 0 Å². The Morgan fingerprint density at radius 3 is 1.48 bits per heavy atom. The van der Waals surface area contributed by atoms with E-state index in [1.54, 1.807) is 106 Å². The SMILES string of the molecule is N#C/C(=C1/SC[C@H](c2ccc(Cl)cc2Cl)S1)n1ccnc1.N#C/C(=C1\SC[C@@H](c2ccc(Cl)cc2Cl)S1)n1ccnc1. The van der Waals surface area contributed by atoms with Gasteiger partial charge >= 0.3 is 0 Å². The van der Waals surface area contributed by atoms with Crippen molar-refractivity contribution >= 4 is 105 Å². The fourth-order valence-electron chi connectivity index (χ4n) is 3.98. The lowest BCUT2D eigenvalue weighted by Crippen LogP contribution is -1.93. The van der Waals surface area contributed by atoms with Crippen LogP contribution in [0.2, 0.25) is 20.1 Å². The predicted octanol–water partition coefficient (Wildman–Crippen LogP) is 10.1. The molecular weight excluding hydrogens is 690 g/mol. The average Bonchev–Trinajstić information content (AvgIpc) is 3.79. The third-order valence-electron chi connectivity index (χ3n) is 5.97. The van der Waals surface area contributed by atoms with Crippen molar-refractivity contribution in [2.24, 2.45) is 0 Å². The zero-order valence-electron chi connectivity index (χ0n) is 21.3. The van der Waals surface area contributed by atoms with Gasteiger partial charge in [0.2, 0.25) is 0 Å². The van der Waals surface area contributed by atoms with Gasteiger partial charge in [-0.2, -0.15) is 10.5 Å². The van der Waals surface area contributed by atoms with Gasteiger partial charge in [0.1, 0.15) is 23.5 Å². The zero-order valence-corrected chi connectivity index (χ0v) is 27.6. The van der Waals surface area contributed by atoms with Crippen LogP contribution in [0.1, 0.15) is 21.6 Å². The highest BCUT2D eigenvalue weighted by Crippen LogP contribution is 2.54. The highest BCUT2D eigenvalue weighted by atomic mass is 35.5. The molecule has 0 bridgehead atoms. The van der Waals surface area contributed by atoms with Gasteiger partial charge in [0, 0.05) is 66.9 Å². The minimum atomic E-state index is 0.224.